The van der Waals surface area contributed by atoms with Crippen LogP contribution in [-0.2, 0) is 0 Å². The van der Waals surface area contributed by atoms with Crippen molar-refractivity contribution in [3.63, 3.8) is 0 Å². The lowest BCUT2D eigenvalue weighted by atomic mass is 9.99. The standard InChI is InChI=1S/C14H17F5N2O.ClH/c1-22-11-3-2-9(15)12(13(11)16)10(8-14(17,18)19)21-6-4-20-5-7-21;/h2-3,10,20H,4-8H2,1H3;1H/t10-;/m1./s1. The second-order valence-electron chi connectivity index (χ2n) is 5.10. The second-order valence-corrected chi connectivity index (χ2v) is 5.10. The number of rotatable bonds is 4. The summed E-state index contributed by atoms with van der Waals surface area (Å²) in [6.07, 6.45) is -5.84. The number of methoxy groups -OCH3 is 1. The van der Waals surface area contributed by atoms with E-state index in [1.807, 2.05) is 0 Å². The van der Waals surface area contributed by atoms with E-state index in [1.54, 1.807) is 0 Å². The molecule has 1 fully saturated rings. The van der Waals surface area contributed by atoms with E-state index < -0.39 is 35.8 Å². The number of ether oxygens (including phenoxy) is 1. The highest BCUT2D eigenvalue weighted by Crippen LogP contribution is 2.38. The van der Waals surface area contributed by atoms with Gasteiger partial charge in [-0.3, -0.25) is 4.90 Å². The van der Waals surface area contributed by atoms with Crippen LogP contribution in [-0.4, -0.2) is 44.4 Å². The Bertz CT molecular complexity index is 521. The average Bonchev–Trinajstić information content (AvgIpc) is 2.46. The fourth-order valence-corrected chi connectivity index (χ4v) is 2.64. The first-order valence-corrected chi connectivity index (χ1v) is 6.87. The van der Waals surface area contributed by atoms with Crippen molar-refractivity contribution in [3.8, 4) is 5.75 Å². The van der Waals surface area contributed by atoms with Crippen molar-refractivity contribution in [2.24, 2.45) is 0 Å². The van der Waals surface area contributed by atoms with Gasteiger partial charge in [-0.15, -0.1) is 12.4 Å². The van der Waals surface area contributed by atoms with Gasteiger partial charge in [0.05, 0.1) is 13.5 Å². The highest BCUT2D eigenvalue weighted by molar-refractivity contribution is 5.85. The third kappa shape index (κ3) is 4.92. The molecule has 1 aromatic carbocycles. The first-order valence-electron chi connectivity index (χ1n) is 6.87. The number of hydrogen-bond acceptors (Lipinski definition) is 3. The molecule has 0 radical (unpaired) electrons. The second kappa shape index (κ2) is 8.12. The SMILES string of the molecule is COc1ccc(F)c([C@@H](CC(F)(F)F)N2CCNCC2)c1F.Cl. The summed E-state index contributed by atoms with van der Waals surface area (Å²) in [5.74, 6) is -2.33. The predicted molar refractivity (Wildman–Crippen MR) is 78.0 cm³/mol. The smallest absolute Gasteiger partial charge is 0.390 e. The van der Waals surface area contributed by atoms with E-state index in [0.29, 0.717) is 13.1 Å². The molecule has 0 spiro atoms. The summed E-state index contributed by atoms with van der Waals surface area (Å²) in [7, 11) is 1.18. The van der Waals surface area contributed by atoms with E-state index in [4.69, 9.17) is 4.74 Å². The van der Waals surface area contributed by atoms with Crippen molar-refractivity contribution in [1.29, 1.82) is 0 Å². The Morgan fingerprint density at radius 3 is 2.35 bits per heavy atom. The minimum Gasteiger partial charge on any atom is -0.494 e. The Morgan fingerprint density at radius 2 is 1.83 bits per heavy atom. The van der Waals surface area contributed by atoms with Crippen molar-refractivity contribution >= 4 is 12.4 Å². The third-order valence-electron chi connectivity index (χ3n) is 3.66. The van der Waals surface area contributed by atoms with E-state index in [-0.39, 0.29) is 31.2 Å². The lowest BCUT2D eigenvalue weighted by Crippen LogP contribution is -2.46. The number of halogens is 6. The van der Waals surface area contributed by atoms with Gasteiger partial charge >= 0.3 is 6.18 Å². The molecule has 1 aliphatic heterocycles. The molecule has 23 heavy (non-hydrogen) atoms. The summed E-state index contributed by atoms with van der Waals surface area (Å²) >= 11 is 0. The number of nitrogens with one attached hydrogen (secondary N) is 1. The Balaban J connectivity index is 0.00000264. The van der Waals surface area contributed by atoms with Crippen LogP contribution in [0, 0.1) is 11.6 Å². The first-order chi connectivity index (χ1) is 10.3. The highest BCUT2D eigenvalue weighted by atomic mass is 35.5. The molecule has 1 atom stereocenters. The van der Waals surface area contributed by atoms with Gasteiger partial charge in [-0.05, 0) is 12.1 Å². The molecule has 0 unspecified atom stereocenters. The summed E-state index contributed by atoms with van der Waals surface area (Å²) < 4.78 is 71.8. The van der Waals surface area contributed by atoms with Gasteiger partial charge in [0.25, 0.3) is 0 Å². The first kappa shape index (κ1) is 19.9. The van der Waals surface area contributed by atoms with Crippen molar-refractivity contribution in [1.82, 2.24) is 10.2 Å². The van der Waals surface area contributed by atoms with Crippen molar-refractivity contribution in [2.75, 3.05) is 33.3 Å². The van der Waals surface area contributed by atoms with Gasteiger partial charge in [-0.1, -0.05) is 0 Å². The van der Waals surface area contributed by atoms with E-state index in [0.717, 1.165) is 12.1 Å². The van der Waals surface area contributed by atoms with Crippen molar-refractivity contribution < 1.29 is 26.7 Å². The molecular formula is C14H18ClF5N2O. The fraction of sp³-hybridized carbons (Fsp3) is 0.571. The Morgan fingerprint density at radius 1 is 1.22 bits per heavy atom. The minimum atomic E-state index is -4.53. The maximum atomic E-state index is 14.3. The van der Waals surface area contributed by atoms with Crippen LogP contribution >= 0.6 is 12.4 Å². The number of benzene rings is 1. The Hall–Kier alpha value is -1.12. The Kier molecular flexibility index (Phi) is 7.03. The largest absolute Gasteiger partial charge is 0.494 e. The molecule has 2 rings (SSSR count). The summed E-state index contributed by atoms with van der Waals surface area (Å²) in [4.78, 5) is 1.45. The number of alkyl halides is 3. The molecule has 3 nitrogen and oxygen atoms in total. The molecule has 1 N–H and O–H groups in total. The van der Waals surface area contributed by atoms with Gasteiger partial charge in [0.1, 0.15) is 5.82 Å². The summed E-state index contributed by atoms with van der Waals surface area (Å²) in [5, 5.41) is 3.00. The molecule has 132 valence electrons. The quantitative estimate of drug-likeness (QED) is 0.834. The summed E-state index contributed by atoms with van der Waals surface area (Å²) in [6, 6.07) is 0.594. The molecule has 1 aliphatic rings. The Labute approximate surface area is 137 Å². The molecule has 0 bridgehead atoms. The van der Waals surface area contributed by atoms with Crippen LogP contribution in [0.1, 0.15) is 18.0 Å². The zero-order valence-corrected chi connectivity index (χ0v) is 13.2. The number of piperazine rings is 1. The molecule has 0 saturated carbocycles. The van der Waals surface area contributed by atoms with Crippen LogP contribution < -0.4 is 10.1 Å². The molecule has 0 amide bonds. The van der Waals surface area contributed by atoms with Crippen molar-refractivity contribution in [3.05, 3.63) is 29.3 Å². The summed E-state index contributed by atoms with van der Waals surface area (Å²) in [6.45, 7) is 1.52. The lowest BCUT2D eigenvalue weighted by molar-refractivity contribution is -0.149. The van der Waals surface area contributed by atoms with E-state index in [1.165, 1.54) is 12.0 Å². The van der Waals surface area contributed by atoms with E-state index >= 15 is 0 Å². The monoisotopic (exact) mass is 360 g/mol. The third-order valence-corrected chi connectivity index (χ3v) is 3.66. The van der Waals surface area contributed by atoms with Crippen LogP contribution in [0.3, 0.4) is 0 Å². The van der Waals surface area contributed by atoms with Crippen LogP contribution in [0.4, 0.5) is 22.0 Å². The molecule has 0 aromatic heterocycles. The van der Waals surface area contributed by atoms with Gasteiger partial charge in [0, 0.05) is 37.8 Å². The zero-order chi connectivity index (χ0) is 16.3. The van der Waals surface area contributed by atoms with E-state index in [2.05, 4.69) is 5.32 Å². The van der Waals surface area contributed by atoms with Crippen LogP contribution in [0.5, 0.6) is 5.75 Å². The van der Waals surface area contributed by atoms with Gasteiger partial charge in [-0.2, -0.15) is 13.2 Å². The normalized spacial score (nSPS) is 17.5. The molecule has 0 aliphatic carbocycles. The highest BCUT2D eigenvalue weighted by Gasteiger charge is 2.39. The van der Waals surface area contributed by atoms with E-state index in [9.17, 15) is 22.0 Å². The van der Waals surface area contributed by atoms with Gasteiger partial charge in [0.2, 0.25) is 0 Å². The molecule has 9 heteroatoms. The topological polar surface area (TPSA) is 24.5 Å². The summed E-state index contributed by atoms with van der Waals surface area (Å²) in [5.41, 5.74) is -0.585. The minimum absolute atomic E-state index is 0. The molecule has 1 saturated heterocycles. The van der Waals surface area contributed by atoms with Crippen LogP contribution in [0.25, 0.3) is 0 Å². The maximum absolute atomic E-state index is 14.3. The maximum Gasteiger partial charge on any atom is 0.390 e. The van der Waals surface area contributed by atoms with Gasteiger partial charge < -0.3 is 10.1 Å². The van der Waals surface area contributed by atoms with Gasteiger partial charge in [0.15, 0.2) is 11.6 Å². The fourth-order valence-electron chi connectivity index (χ4n) is 2.64. The molecule has 1 heterocycles. The molecule has 1 aromatic rings. The predicted octanol–water partition coefficient (Wildman–Crippen LogP) is 3.29. The average molecular weight is 361 g/mol. The van der Waals surface area contributed by atoms with Gasteiger partial charge in [-0.25, -0.2) is 8.78 Å². The van der Waals surface area contributed by atoms with Crippen molar-refractivity contribution in [2.45, 2.75) is 18.6 Å². The number of hydrogen-bond donors (Lipinski definition) is 1. The van der Waals surface area contributed by atoms with Crippen LogP contribution in [0.2, 0.25) is 0 Å². The number of nitrogens with zero attached hydrogens (tertiary/aromatic N) is 1. The zero-order valence-electron chi connectivity index (χ0n) is 12.4. The van der Waals surface area contributed by atoms with Crippen LogP contribution in [0.15, 0.2) is 12.1 Å². The lowest BCUT2D eigenvalue weighted by Gasteiger charge is -2.36. The molecular weight excluding hydrogens is 343 g/mol.